The molecule has 0 spiro atoms. The van der Waals surface area contributed by atoms with Crippen molar-refractivity contribution in [1.82, 2.24) is 15.2 Å². The molecule has 0 saturated carbocycles. The number of rotatable bonds is 4. The van der Waals surface area contributed by atoms with E-state index < -0.39 is 5.60 Å². The number of amides is 1. The van der Waals surface area contributed by atoms with Crippen molar-refractivity contribution >= 4 is 49.3 Å². The van der Waals surface area contributed by atoms with Gasteiger partial charge in [0.25, 0.3) is 0 Å². The molecule has 1 amide bonds. The lowest BCUT2D eigenvalue weighted by molar-refractivity contribution is 0.0470. The number of thiophene rings is 1. The van der Waals surface area contributed by atoms with Crippen LogP contribution in [0.25, 0.3) is 10.2 Å². The molecule has 1 saturated heterocycles. The third kappa shape index (κ3) is 5.25. The van der Waals surface area contributed by atoms with Crippen molar-refractivity contribution in [2.75, 3.05) is 13.1 Å². The van der Waals surface area contributed by atoms with Gasteiger partial charge in [0, 0.05) is 35.1 Å². The molecular formula is C18H24ClN3O2S2. The van der Waals surface area contributed by atoms with Crippen LogP contribution in [0.5, 0.6) is 0 Å². The third-order valence-electron chi connectivity index (χ3n) is 4.12. The van der Waals surface area contributed by atoms with Crippen LogP contribution in [0.1, 0.15) is 38.5 Å². The number of carbonyl (C=O) groups excluding carboxylic acids is 1. The molecule has 0 aliphatic carbocycles. The van der Waals surface area contributed by atoms with Crippen LogP contribution in [-0.4, -0.2) is 40.7 Å². The first kappa shape index (κ1) is 19.7. The summed E-state index contributed by atoms with van der Waals surface area (Å²) in [6, 6.07) is 4.21. The quantitative estimate of drug-likeness (QED) is 0.761. The Morgan fingerprint density at radius 3 is 3.08 bits per heavy atom. The second kappa shape index (κ2) is 8.33. The van der Waals surface area contributed by atoms with Gasteiger partial charge in [-0.3, -0.25) is 9.88 Å². The molecule has 0 bridgehead atoms. The highest BCUT2D eigenvalue weighted by Crippen LogP contribution is 2.35. The zero-order chi connectivity index (χ0) is 18.7. The average Bonchev–Trinajstić information content (AvgIpc) is 2.95. The van der Waals surface area contributed by atoms with E-state index >= 15 is 0 Å². The van der Waals surface area contributed by atoms with E-state index in [9.17, 15) is 4.79 Å². The Balaban J connectivity index is 1.61. The van der Waals surface area contributed by atoms with Crippen molar-refractivity contribution in [2.45, 2.75) is 56.7 Å². The van der Waals surface area contributed by atoms with Gasteiger partial charge in [0.1, 0.15) is 5.60 Å². The first-order valence-corrected chi connectivity index (χ1v) is 11.2. The Kier molecular flexibility index (Phi) is 6.33. The molecule has 1 aliphatic heterocycles. The molecule has 0 unspecified atom stereocenters. The fraction of sp³-hybridized carbons (Fsp3) is 0.556. The van der Waals surface area contributed by atoms with Crippen LogP contribution in [-0.2, 0) is 11.3 Å². The molecule has 26 heavy (non-hydrogen) atoms. The largest absolute Gasteiger partial charge is 0.444 e. The van der Waals surface area contributed by atoms with E-state index in [0.717, 1.165) is 47.6 Å². The molecule has 2 aromatic rings. The predicted molar refractivity (Wildman–Crippen MR) is 109 cm³/mol. The molecule has 1 atom stereocenters. The summed E-state index contributed by atoms with van der Waals surface area (Å²) in [7, 11) is 7.19. The van der Waals surface area contributed by atoms with Crippen LogP contribution in [0.4, 0.5) is 4.79 Å². The highest BCUT2D eigenvalue weighted by Gasteiger charge is 2.24. The van der Waals surface area contributed by atoms with Gasteiger partial charge in [-0.2, -0.15) is 0 Å². The molecule has 2 aromatic heterocycles. The summed E-state index contributed by atoms with van der Waals surface area (Å²) in [5.74, 6) is 0. The molecule has 0 radical (unpaired) electrons. The lowest BCUT2D eigenvalue weighted by Gasteiger charge is -2.33. The number of piperidine rings is 1. The van der Waals surface area contributed by atoms with E-state index in [2.05, 4.69) is 21.3 Å². The average molecular weight is 414 g/mol. The van der Waals surface area contributed by atoms with E-state index in [-0.39, 0.29) is 12.1 Å². The van der Waals surface area contributed by atoms with Gasteiger partial charge in [-0.15, -0.1) is 11.3 Å². The third-order valence-corrected chi connectivity index (χ3v) is 6.39. The lowest BCUT2D eigenvalue weighted by atomic mass is 10.1. The number of nitrogens with zero attached hydrogens (tertiary/aromatic N) is 2. The number of pyridine rings is 1. The first-order valence-electron chi connectivity index (χ1n) is 8.72. The SMILES string of the molecule is CC(C)(C)OC(=O)N[C@@H]1CCCN(Cc2cc3nccc(SCl)c3s2)C1. The number of nitrogens with one attached hydrogen (secondary N) is 1. The first-order chi connectivity index (χ1) is 12.3. The summed E-state index contributed by atoms with van der Waals surface area (Å²) in [6.07, 6.45) is 3.51. The summed E-state index contributed by atoms with van der Waals surface area (Å²) in [5, 5.41) is 3.00. The Labute approximate surface area is 166 Å². The van der Waals surface area contributed by atoms with Gasteiger partial charge in [-0.05, 0) is 73.9 Å². The maximum Gasteiger partial charge on any atom is 0.407 e. The van der Waals surface area contributed by atoms with Crippen molar-refractivity contribution in [1.29, 1.82) is 0 Å². The van der Waals surface area contributed by atoms with Gasteiger partial charge < -0.3 is 10.1 Å². The Hall–Kier alpha value is -1.02. The molecule has 1 N–H and O–H groups in total. The number of ether oxygens (including phenoxy) is 1. The van der Waals surface area contributed by atoms with Gasteiger partial charge in [-0.1, -0.05) is 0 Å². The molecule has 3 rings (SSSR count). The van der Waals surface area contributed by atoms with Crippen LogP contribution >= 0.6 is 33.0 Å². The molecule has 142 valence electrons. The molecule has 3 heterocycles. The van der Waals surface area contributed by atoms with Gasteiger partial charge in [0.2, 0.25) is 0 Å². The number of alkyl carbamates (subject to hydrolysis) is 1. The highest BCUT2D eigenvalue weighted by atomic mass is 35.7. The number of likely N-dealkylation sites (tertiary alicyclic amines) is 1. The summed E-state index contributed by atoms with van der Waals surface area (Å²) >= 11 is 1.74. The molecule has 0 aromatic carbocycles. The maximum absolute atomic E-state index is 12.0. The van der Waals surface area contributed by atoms with E-state index in [4.69, 9.17) is 15.4 Å². The van der Waals surface area contributed by atoms with Crippen LogP contribution < -0.4 is 5.32 Å². The summed E-state index contributed by atoms with van der Waals surface area (Å²) in [6.45, 7) is 8.36. The zero-order valence-corrected chi connectivity index (χ0v) is 17.6. The van der Waals surface area contributed by atoms with Gasteiger partial charge in [0.05, 0.1) is 10.2 Å². The lowest BCUT2D eigenvalue weighted by Crippen LogP contribution is -2.48. The van der Waals surface area contributed by atoms with Crippen molar-refractivity contribution in [2.24, 2.45) is 0 Å². The second-order valence-electron chi connectivity index (χ2n) is 7.53. The Morgan fingerprint density at radius 2 is 2.35 bits per heavy atom. The van der Waals surface area contributed by atoms with Crippen molar-refractivity contribution < 1.29 is 9.53 Å². The molecule has 1 fully saturated rings. The maximum atomic E-state index is 12.0. The molecule has 5 nitrogen and oxygen atoms in total. The molecule has 1 aliphatic rings. The van der Waals surface area contributed by atoms with Crippen LogP contribution in [0, 0.1) is 0 Å². The number of carbonyl (C=O) groups is 1. The second-order valence-corrected chi connectivity index (χ2v) is 9.73. The van der Waals surface area contributed by atoms with E-state index in [1.54, 1.807) is 17.5 Å². The van der Waals surface area contributed by atoms with Crippen molar-refractivity contribution in [3.63, 3.8) is 0 Å². The minimum Gasteiger partial charge on any atom is -0.444 e. The fourth-order valence-corrected chi connectivity index (χ4v) is 5.24. The van der Waals surface area contributed by atoms with Crippen LogP contribution in [0.2, 0.25) is 0 Å². The van der Waals surface area contributed by atoms with E-state index in [0.29, 0.717) is 0 Å². The monoisotopic (exact) mass is 413 g/mol. The smallest absolute Gasteiger partial charge is 0.407 e. The molecule has 8 heteroatoms. The summed E-state index contributed by atoms with van der Waals surface area (Å²) < 4.78 is 6.51. The Bertz CT molecular complexity index is 775. The number of hydrogen-bond donors (Lipinski definition) is 1. The topological polar surface area (TPSA) is 54.5 Å². The summed E-state index contributed by atoms with van der Waals surface area (Å²) in [5.41, 5.74) is 0.525. The zero-order valence-electron chi connectivity index (χ0n) is 15.3. The van der Waals surface area contributed by atoms with Crippen molar-refractivity contribution in [3.8, 4) is 0 Å². The van der Waals surface area contributed by atoms with Crippen molar-refractivity contribution in [3.05, 3.63) is 23.2 Å². The Morgan fingerprint density at radius 1 is 1.54 bits per heavy atom. The summed E-state index contributed by atoms with van der Waals surface area (Å²) in [4.78, 5) is 21.1. The van der Waals surface area contributed by atoms with E-state index in [1.165, 1.54) is 15.9 Å². The fourth-order valence-electron chi connectivity index (χ4n) is 3.11. The normalized spacial score (nSPS) is 18.8. The highest BCUT2D eigenvalue weighted by molar-refractivity contribution is 8.21. The minimum atomic E-state index is -0.472. The van der Waals surface area contributed by atoms with Crippen LogP contribution in [0.15, 0.2) is 23.2 Å². The number of fused-ring (bicyclic) bond motifs is 1. The standard InChI is InChI=1S/C18H24ClN3O2S2/c1-18(2,3)24-17(23)21-12-5-4-8-22(10-12)11-13-9-14-16(25-13)15(26-19)6-7-20-14/h6-7,9,12H,4-5,8,10-11H2,1-3H3,(H,21,23)/t12-/m1/s1. The number of aromatic nitrogens is 1. The van der Waals surface area contributed by atoms with Gasteiger partial charge in [0.15, 0.2) is 0 Å². The van der Waals surface area contributed by atoms with Gasteiger partial charge >= 0.3 is 6.09 Å². The van der Waals surface area contributed by atoms with E-state index in [1.807, 2.05) is 26.8 Å². The number of halogens is 1. The minimum absolute atomic E-state index is 0.125. The molecular weight excluding hydrogens is 390 g/mol. The number of hydrogen-bond acceptors (Lipinski definition) is 6. The predicted octanol–water partition coefficient (Wildman–Crippen LogP) is 5.03. The van der Waals surface area contributed by atoms with Gasteiger partial charge in [-0.25, -0.2) is 4.79 Å². The van der Waals surface area contributed by atoms with Crippen LogP contribution in [0.3, 0.4) is 0 Å².